The number of carbonyl (C=O) groups is 1. The van der Waals surface area contributed by atoms with Crippen LogP contribution in [-0.4, -0.2) is 36.1 Å². The maximum atomic E-state index is 12.4. The van der Waals surface area contributed by atoms with Gasteiger partial charge in [-0.15, -0.1) is 0 Å². The minimum atomic E-state index is -0.0988. The number of hydrogen-bond donors (Lipinski definition) is 1. The first-order valence-electron chi connectivity index (χ1n) is 8.53. The molecular weight excluding hydrogens is 380 g/mol. The van der Waals surface area contributed by atoms with E-state index in [0.29, 0.717) is 5.56 Å². The van der Waals surface area contributed by atoms with E-state index in [0.717, 1.165) is 29.8 Å². The molecule has 1 fully saturated rings. The average Bonchev–Trinajstić information content (AvgIpc) is 2.54. The Balaban J connectivity index is 1.60. The summed E-state index contributed by atoms with van der Waals surface area (Å²) >= 11 is 3.41. The number of rotatable bonds is 4. The van der Waals surface area contributed by atoms with Crippen molar-refractivity contribution in [3.8, 4) is 0 Å². The van der Waals surface area contributed by atoms with Gasteiger partial charge in [-0.3, -0.25) is 9.69 Å². The highest BCUT2D eigenvalue weighted by Crippen LogP contribution is 2.18. The number of halogens is 1. The van der Waals surface area contributed by atoms with Gasteiger partial charge < -0.3 is 10.1 Å². The summed E-state index contributed by atoms with van der Waals surface area (Å²) in [7, 11) is 0. The number of nitrogens with one attached hydrogen (secondary N) is 1. The van der Waals surface area contributed by atoms with Crippen molar-refractivity contribution < 1.29 is 9.53 Å². The lowest BCUT2D eigenvalue weighted by Crippen LogP contribution is -2.44. The fourth-order valence-electron chi connectivity index (χ4n) is 3.20. The predicted octanol–water partition coefficient (Wildman–Crippen LogP) is 4.31. The molecule has 1 heterocycles. The number of carbonyl (C=O) groups excluding carboxylic acids is 1. The number of amides is 1. The van der Waals surface area contributed by atoms with Crippen molar-refractivity contribution in [3.05, 3.63) is 64.1 Å². The summed E-state index contributed by atoms with van der Waals surface area (Å²) in [5.41, 5.74) is 2.65. The van der Waals surface area contributed by atoms with Gasteiger partial charge in [0, 0.05) is 35.4 Å². The maximum Gasteiger partial charge on any atom is 0.255 e. The fraction of sp³-hybridized carbons (Fsp3) is 0.350. The molecule has 1 amide bonds. The first kappa shape index (κ1) is 18.1. The molecule has 1 saturated heterocycles. The fourth-order valence-corrected chi connectivity index (χ4v) is 3.60. The molecule has 0 aromatic heterocycles. The Hall–Kier alpha value is -1.69. The molecule has 0 radical (unpaired) electrons. The van der Waals surface area contributed by atoms with Crippen molar-refractivity contribution >= 4 is 27.5 Å². The Labute approximate surface area is 157 Å². The van der Waals surface area contributed by atoms with E-state index in [1.54, 1.807) is 0 Å². The zero-order valence-corrected chi connectivity index (χ0v) is 16.1. The van der Waals surface area contributed by atoms with E-state index < -0.39 is 0 Å². The predicted molar refractivity (Wildman–Crippen MR) is 104 cm³/mol. The number of hydrogen-bond acceptors (Lipinski definition) is 3. The highest BCUT2D eigenvalue weighted by atomic mass is 79.9. The van der Waals surface area contributed by atoms with Gasteiger partial charge in [0.05, 0.1) is 12.2 Å². The van der Waals surface area contributed by atoms with E-state index in [4.69, 9.17) is 4.74 Å². The van der Waals surface area contributed by atoms with Crippen LogP contribution in [0.4, 0.5) is 5.69 Å². The van der Waals surface area contributed by atoms with Crippen LogP contribution in [0.1, 0.15) is 29.8 Å². The Morgan fingerprint density at radius 2 is 1.84 bits per heavy atom. The van der Waals surface area contributed by atoms with Crippen molar-refractivity contribution in [1.82, 2.24) is 4.90 Å². The lowest BCUT2D eigenvalue weighted by Gasteiger charge is -2.35. The number of nitrogens with zero attached hydrogens (tertiary/aromatic N) is 1. The lowest BCUT2D eigenvalue weighted by atomic mass is 10.1. The second-order valence-electron chi connectivity index (χ2n) is 6.61. The van der Waals surface area contributed by atoms with Crippen LogP contribution in [0, 0.1) is 0 Å². The lowest BCUT2D eigenvalue weighted by molar-refractivity contribution is -0.0704. The highest BCUT2D eigenvalue weighted by Gasteiger charge is 2.22. The highest BCUT2D eigenvalue weighted by molar-refractivity contribution is 9.10. The second-order valence-corrected chi connectivity index (χ2v) is 7.53. The minimum absolute atomic E-state index is 0.0988. The van der Waals surface area contributed by atoms with Crippen LogP contribution in [0.5, 0.6) is 0 Å². The molecule has 4 nitrogen and oxygen atoms in total. The minimum Gasteiger partial charge on any atom is -0.373 e. The quantitative estimate of drug-likeness (QED) is 0.827. The van der Waals surface area contributed by atoms with Crippen molar-refractivity contribution in [2.75, 3.05) is 18.4 Å². The van der Waals surface area contributed by atoms with Crippen LogP contribution in [-0.2, 0) is 11.3 Å². The molecule has 0 bridgehead atoms. The maximum absolute atomic E-state index is 12.4. The molecular formula is C20H23BrN2O2. The van der Waals surface area contributed by atoms with Gasteiger partial charge in [-0.2, -0.15) is 0 Å². The van der Waals surface area contributed by atoms with Crippen LogP contribution in [0.15, 0.2) is 53.0 Å². The molecule has 1 aliphatic rings. The molecule has 5 heteroatoms. The van der Waals surface area contributed by atoms with Gasteiger partial charge in [-0.25, -0.2) is 0 Å². The Bertz CT molecular complexity index is 723. The Morgan fingerprint density at radius 1 is 1.16 bits per heavy atom. The Morgan fingerprint density at radius 3 is 2.48 bits per heavy atom. The van der Waals surface area contributed by atoms with Crippen molar-refractivity contribution in [1.29, 1.82) is 0 Å². The molecule has 0 spiro atoms. The van der Waals surface area contributed by atoms with Crippen molar-refractivity contribution in [2.24, 2.45) is 0 Å². The molecule has 0 saturated carbocycles. The molecule has 25 heavy (non-hydrogen) atoms. The third-order valence-electron chi connectivity index (χ3n) is 4.20. The van der Waals surface area contributed by atoms with Gasteiger partial charge in [0.15, 0.2) is 0 Å². The molecule has 1 N–H and O–H groups in total. The largest absolute Gasteiger partial charge is 0.373 e. The van der Waals surface area contributed by atoms with Gasteiger partial charge in [0.1, 0.15) is 0 Å². The molecule has 1 aliphatic heterocycles. The zero-order chi connectivity index (χ0) is 17.8. The first-order valence-corrected chi connectivity index (χ1v) is 9.32. The molecule has 2 unspecified atom stereocenters. The molecule has 3 rings (SSSR count). The first-order chi connectivity index (χ1) is 12.0. The van der Waals surface area contributed by atoms with Crippen LogP contribution < -0.4 is 5.32 Å². The SMILES string of the molecule is CC1CN(Cc2ccc(C(=O)Nc3cccc(Br)c3)cc2)CC(C)O1. The average molecular weight is 403 g/mol. The van der Waals surface area contributed by atoms with Crippen LogP contribution >= 0.6 is 15.9 Å². The summed E-state index contributed by atoms with van der Waals surface area (Å²) in [6.45, 7) is 6.98. The normalized spacial score (nSPS) is 21.1. The monoisotopic (exact) mass is 402 g/mol. The van der Waals surface area contributed by atoms with Crippen LogP contribution in [0.2, 0.25) is 0 Å². The number of morpholine rings is 1. The summed E-state index contributed by atoms with van der Waals surface area (Å²) in [4.78, 5) is 14.8. The number of anilines is 1. The number of ether oxygens (including phenoxy) is 1. The van der Waals surface area contributed by atoms with E-state index >= 15 is 0 Å². The zero-order valence-electron chi connectivity index (χ0n) is 14.5. The Kier molecular flexibility index (Phi) is 5.89. The molecule has 0 aliphatic carbocycles. The summed E-state index contributed by atoms with van der Waals surface area (Å²) in [5.74, 6) is -0.0988. The third kappa shape index (κ3) is 5.14. The topological polar surface area (TPSA) is 41.6 Å². The standard InChI is InChI=1S/C20H23BrN2O2/c1-14-11-23(12-15(2)25-14)13-16-6-8-17(9-7-16)20(24)22-19-5-3-4-18(21)10-19/h3-10,14-15H,11-13H2,1-2H3,(H,22,24). The van der Waals surface area contributed by atoms with Crippen LogP contribution in [0.3, 0.4) is 0 Å². The molecule has 2 aromatic rings. The summed E-state index contributed by atoms with van der Waals surface area (Å²) in [6.07, 6.45) is 0.526. The molecule has 2 atom stereocenters. The third-order valence-corrected chi connectivity index (χ3v) is 4.69. The van der Waals surface area contributed by atoms with Gasteiger partial charge in [-0.1, -0.05) is 34.1 Å². The van der Waals surface area contributed by atoms with Gasteiger partial charge >= 0.3 is 0 Å². The van der Waals surface area contributed by atoms with Gasteiger partial charge in [0.2, 0.25) is 0 Å². The van der Waals surface area contributed by atoms with Gasteiger partial charge in [0.25, 0.3) is 5.91 Å². The van der Waals surface area contributed by atoms with Crippen LogP contribution in [0.25, 0.3) is 0 Å². The molecule has 132 valence electrons. The molecule has 2 aromatic carbocycles. The summed E-state index contributed by atoms with van der Waals surface area (Å²) < 4.78 is 6.71. The number of benzene rings is 2. The summed E-state index contributed by atoms with van der Waals surface area (Å²) in [6, 6.07) is 15.4. The van der Waals surface area contributed by atoms with Crippen molar-refractivity contribution in [3.63, 3.8) is 0 Å². The van der Waals surface area contributed by atoms with Crippen molar-refractivity contribution in [2.45, 2.75) is 32.6 Å². The second kappa shape index (κ2) is 8.13. The van der Waals surface area contributed by atoms with E-state index in [1.807, 2.05) is 48.5 Å². The van der Waals surface area contributed by atoms with E-state index in [1.165, 1.54) is 5.56 Å². The smallest absolute Gasteiger partial charge is 0.255 e. The van der Waals surface area contributed by atoms with E-state index in [-0.39, 0.29) is 18.1 Å². The van der Waals surface area contributed by atoms with E-state index in [2.05, 4.69) is 40.0 Å². The van der Waals surface area contributed by atoms with E-state index in [9.17, 15) is 4.79 Å². The van der Waals surface area contributed by atoms with Gasteiger partial charge in [-0.05, 0) is 49.7 Å². The summed E-state index contributed by atoms with van der Waals surface area (Å²) in [5, 5.41) is 2.92.